The zero-order chi connectivity index (χ0) is 14.5. The van der Waals surface area contributed by atoms with E-state index in [1.54, 1.807) is 0 Å². The number of benzene rings is 1. The first kappa shape index (κ1) is 16.1. The van der Waals surface area contributed by atoms with E-state index < -0.39 is 9.84 Å². The van der Waals surface area contributed by atoms with Gasteiger partial charge in [-0.1, -0.05) is 30.4 Å². The molecule has 0 aliphatic rings. The van der Waals surface area contributed by atoms with E-state index in [1.165, 1.54) is 6.26 Å². The third-order valence-electron chi connectivity index (χ3n) is 2.72. The largest absolute Gasteiger partial charge is 0.389 e. The van der Waals surface area contributed by atoms with Crippen LogP contribution in [-0.4, -0.2) is 43.9 Å². The minimum Gasteiger partial charge on any atom is -0.389 e. The zero-order valence-electron chi connectivity index (χ0n) is 11.3. The van der Waals surface area contributed by atoms with Crippen LogP contribution in [0.5, 0.6) is 0 Å². The Labute approximate surface area is 120 Å². The summed E-state index contributed by atoms with van der Waals surface area (Å²) in [5.74, 6) is 0.226. The summed E-state index contributed by atoms with van der Waals surface area (Å²) in [5.41, 5.74) is 7.57. The Balaban J connectivity index is 2.50. The number of hydrogen-bond acceptors (Lipinski definition) is 4. The summed E-state index contributed by atoms with van der Waals surface area (Å²) >= 11 is 4.94. The SMILES string of the molecule is CN(CCCS(C)(=O)=O)Cc1cccc(C(N)=S)c1. The number of rotatable bonds is 7. The lowest BCUT2D eigenvalue weighted by Gasteiger charge is -2.16. The molecular weight excluding hydrogens is 280 g/mol. The lowest BCUT2D eigenvalue weighted by atomic mass is 10.1. The molecule has 19 heavy (non-hydrogen) atoms. The predicted octanol–water partition coefficient (Wildman–Crippen LogP) is 1.19. The second-order valence-corrected chi connectivity index (χ2v) is 7.49. The van der Waals surface area contributed by atoms with Crippen molar-refractivity contribution in [3.05, 3.63) is 35.4 Å². The first-order chi connectivity index (χ1) is 8.78. The molecule has 1 aromatic carbocycles. The van der Waals surface area contributed by atoms with Crippen LogP contribution in [-0.2, 0) is 16.4 Å². The van der Waals surface area contributed by atoms with E-state index in [-0.39, 0.29) is 5.75 Å². The van der Waals surface area contributed by atoms with Crippen LogP contribution in [0.3, 0.4) is 0 Å². The summed E-state index contributed by atoms with van der Waals surface area (Å²) in [5, 5.41) is 0. The molecule has 0 aromatic heterocycles. The van der Waals surface area contributed by atoms with Crippen molar-refractivity contribution in [1.82, 2.24) is 4.90 Å². The van der Waals surface area contributed by atoms with Crippen LogP contribution in [0.4, 0.5) is 0 Å². The van der Waals surface area contributed by atoms with Crippen molar-refractivity contribution in [2.45, 2.75) is 13.0 Å². The Morgan fingerprint density at radius 3 is 2.68 bits per heavy atom. The third-order valence-corrected chi connectivity index (χ3v) is 3.98. The van der Waals surface area contributed by atoms with Crippen molar-refractivity contribution in [2.24, 2.45) is 5.73 Å². The molecule has 0 atom stereocenters. The van der Waals surface area contributed by atoms with Gasteiger partial charge in [-0.2, -0.15) is 0 Å². The maximum Gasteiger partial charge on any atom is 0.147 e. The fourth-order valence-corrected chi connectivity index (χ4v) is 2.59. The van der Waals surface area contributed by atoms with Crippen molar-refractivity contribution >= 4 is 27.0 Å². The Morgan fingerprint density at radius 1 is 1.42 bits per heavy atom. The third kappa shape index (κ3) is 6.66. The van der Waals surface area contributed by atoms with Gasteiger partial charge in [0.05, 0.1) is 5.75 Å². The molecule has 6 heteroatoms. The van der Waals surface area contributed by atoms with E-state index in [9.17, 15) is 8.42 Å². The van der Waals surface area contributed by atoms with E-state index in [1.807, 2.05) is 31.3 Å². The second-order valence-electron chi connectivity index (χ2n) is 4.79. The van der Waals surface area contributed by atoms with Crippen molar-refractivity contribution < 1.29 is 8.42 Å². The quantitative estimate of drug-likeness (QED) is 0.766. The number of thiocarbonyl (C=S) groups is 1. The standard InChI is InChI=1S/C13H20N2O2S2/c1-15(7-4-8-19(2,16)17)10-11-5-3-6-12(9-11)13(14)18/h3,5-6,9H,4,7-8,10H2,1-2H3,(H2,14,18). The van der Waals surface area contributed by atoms with Crippen LogP contribution >= 0.6 is 12.2 Å². The van der Waals surface area contributed by atoms with Crippen LogP contribution in [0, 0.1) is 0 Å². The van der Waals surface area contributed by atoms with Gasteiger partial charge in [-0.15, -0.1) is 0 Å². The molecule has 0 spiro atoms. The minimum absolute atomic E-state index is 0.226. The van der Waals surface area contributed by atoms with Gasteiger partial charge < -0.3 is 10.6 Å². The van der Waals surface area contributed by atoms with Gasteiger partial charge in [0.15, 0.2) is 0 Å². The van der Waals surface area contributed by atoms with Crippen LogP contribution in [0.25, 0.3) is 0 Å². The Morgan fingerprint density at radius 2 is 2.11 bits per heavy atom. The van der Waals surface area contributed by atoms with Crippen LogP contribution in [0.1, 0.15) is 17.5 Å². The number of nitrogens with two attached hydrogens (primary N) is 1. The van der Waals surface area contributed by atoms with E-state index >= 15 is 0 Å². The lowest BCUT2D eigenvalue weighted by Crippen LogP contribution is -2.21. The van der Waals surface area contributed by atoms with Crippen molar-refractivity contribution in [2.75, 3.05) is 25.6 Å². The second kappa shape index (κ2) is 6.98. The molecule has 1 aromatic rings. The summed E-state index contributed by atoms with van der Waals surface area (Å²) < 4.78 is 22.1. The monoisotopic (exact) mass is 300 g/mol. The molecule has 0 radical (unpaired) electrons. The van der Waals surface area contributed by atoms with E-state index in [4.69, 9.17) is 18.0 Å². The maximum absolute atomic E-state index is 11.0. The first-order valence-corrected chi connectivity index (χ1v) is 8.50. The highest BCUT2D eigenvalue weighted by molar-refractivity contribution is 7.90. The van der Waals surface area contributed by atoms with Crippen molar-refractivity contribution in [3.63, 3.8) is 0 Å². The average Bonchev–Trinajstić information content (AvgIpc) is 2.27. The van der Waals surface area contributed by atoms with Crippen LogP contribution in [0.2, 0.25) is 0 Å². The molecule has 0 bridgehead atoms. The molecule has 0 saturated heterocycles. The molecule has 2 N–H and O–H groups in total. The first-order valence-electron chi connectivity index (χ1n) is 6.03. The van der Waals surface area contributed by atoms with E-state index in [2.05, 4.69) is 4.90 Å². The molecule has 0 heterocycles. The highest BCUT2D eigenvalue weighted by Crippen LogP contribution is 2.08. The number of sulfone groups is 1. The van der Waals surface area contributed by atoms with Crippen molar-refractivity contribution in [3.8, 4) is 0 Å². The highest BCUT2D eigenvalue weighted by Gasteiger charge is 2.05. The van der Waals surface area contributed by atoms with Gasteiger partial charge in [0.1, 0.15) is 14.8 Å². The molecule has 4 nitrogen and oxygen atoms in total. The van der Waals surface area contributed by atoms with Gasteiger partial charge >= 0.3 is 0 Å². The summed E-state index contributed by atoms with van der Waals surface area (Å²) in [6, 6.07) is 7.79. The summed E-state index contributed by atoms with van der Waals surface area (Å²) in [6.07, 6.45) is 1.91. The van der Waals surface area contributed by atoms with Crippen LogP contribution < -0.4 is 5.73 Å². The molecule has 0 amide bonds. The number of hydrogen-bond donors (Lipinski definition) is 1. The summed E-state index contributed by atoms with van der Waals surface area (Å²) in [4.78, 5) is 2.48. The minimum atomic E-state index is -2.87. The molecular formula is C13H20N2O2S2. The smallest absolute Gasteiger partial charge is 0.147 e. The van der Waals surface area contributed by atoms with Gasteiger partial charge in [0, 0.05) is 18.4 Å². The van der Waals surface area contributed by atoms with Gasteiger partial charge in [-0.3, -0.25) is 0 Å². The van der Waals surface area contributed by atoms with E-state index in [0.29, 0.717) is 11.4 Å². The molecule has 0 aliphatic carbocycles. The fourth-order valence-electron chi connectivity index (χ4n) is 1.81. The van der Waals surface area contributed by atoms with Gasteiger partial charge in [-0.05, 0) is 31.6 Å². The maximum atomic E-state index is 11.0. The summed E-state index contributed by atoms with van der Waals surface area (Å²) in [7, 11) is -0.903. The Kier molecular flexibility index (Phi) is 5.90. The Hall–Kier alpha value is -0.980. The van der Waals surface area contributed by atoms with Crippen molar-refractivity contribution in [1.29, 1.82) is 0 Å². The highest BCUT2D eigenvalue weighted by atomic mass is 32.2. The van der Waals surface area contributed by atoms with Gasteiger partial charge in [0.25, 0.3) is 0 Å². The topological polar surface area (TPSA) is 63.4 Å². The lowest BCUT2D eigenvalue weighted by molar-refractivity contribution is 0.328. The van der Waals surface area contributed by atoms with Gasteiger partial charge in [-0.25, -0.2) is 8.42 Å². The molecule has 1 rings (SSSR count). The van der Waals surface area contributed by atoms with Gasteiger partial charge in [0.2, 0.25) is 0 Å². The molecule has 0 unspecified atom stereocenters. The summed E-state index contributed by atoms with van der Waals surface area (Å²) in [6.45, 7) is 1.49. The van der Waals surface area contributed by atoms with E-state index in [0.717, 1.165) is 24.2 Å². The molecule has 0 aliphatic heterocycles. The number of nitrogens with zero attached hydrogens (tertiary/aromatic N) is 1. The zero-order valence-corrected chi connectivity index (χ0v) is 12.9. The fraction of sp³-hybridized carbons (Fsp3) is 0.462. The van der Waals surface area contributed by atoms with Crippen LogP contribution in [0.15, 0.2) is 24.3 Å². The predicted molar refractivity (Wildman–Crippen MR) is 83.0 cm³/mol. The molecule has 106 valence electrons. The average molecular weight is 300 g/mol. The normalized spacial score (nSPS) is 11.7. The molecule has 0 saturated carbocycles. The Bertz CT molecular complexity index is 541. The molecule has 0 fully saturated rings.